The van der Waals surface area contributed by atoms with Gasteiger partial charge in [0.05, 0.1) is 5.39 Å². The summed E-state index contributed by atoms with van der Waals surface area (Å²) >= 11 is 1.68. The lowest BCUT2D eigenvalue weighted by atomic mass is 9.90. The van der Waals surface area contributed by atoms with Crippen LogP contribution in [0.15, 0.2) is 17.8 Å². The van der Waals surface area contributed by atoms with Gasteiger partial charge in [-0.15, -0.1) is 11.3 Å². The van der Waals surface area contributed by atoms with Gasteiger partial charge in [-0.25, -0.2) is 9.97 Å². The topological polar surface area (TPSA) is 55.0 Å². The summed E-state index contributed by atoms with van der Waals surface area (Å²) < 4.78 is 0. The van der Waals surface area contributed by atoms with Crippen LogP contribution in [0.25, 0.3) is 10.2 Å². The zero-order valence-corrected chi connectivity index (χ0v) is 12.1. The summed E-state index contributed by atoms with van der Waals surface area (Å²) in [5.41, 5.74) is 6.01. The summed E-state index contributed by atoms with van der Waals surface area (Å²) in [4.78, 5) is 12.4. The molecule has 0 bridgehead atoms. The Morgan fingerprint density at radius 1 is 1.32 bits per heavy atom. The third-order valence-electron chi connectivity index (χ3n) is 4.04. The molecule has 0 atom stereocenters. The lowest BCUT2D eigenvalue weighted by Gasteiger charge is -2.36. The first-order valence-corrected chi connectivity index (χ1v) is 7.88. The maximum absolute atomic E-state index is 6.01. The van der Waals surface area contributed by atoms with E-state index in [0.717, 1.165) is 30.0 Å². The molecule has 4 nitrogen and oxygen atoms in total. The molecule has 0 aromatic carbocycles. The summed E-state index contributed by atoms with van der Waals surface area (Å²) in [6, 6.07) is 3.09. The lowest BCUT2D eigenvalue weighted by Crippen LogP contribution is -2.41. The van der Waals surface area contributed by atoms with Crippen molar-refractivity contribution in [1.29, 1.82) is 0 Å². The molecule has 2 heterocycles. The molecule has 2 aromatic rings. The Balaban J connectivity index is 1.91. The van der Waals surface area contributed by atoms with E-state index in [9.17, 15) is 0 Å². The Hall–Kier alpha value is -1.20. The van der Waals surface area contributed by atoms with Gasteiger partial charge in [-0.1, -0.05) is 0 Å². The molecule has 1 aliphatic carbocycles. The average molecular weight is 276 g/mol. The van der Waals surface area contributed by atoms with Crippen molar-refractivity contribution in [2.24, 2.45) is 5.73 Å². The molecule has 2 N–H and O–H groups in total. The molecular formula is C14H20N4S. The number of anilines is 1. The SMILES string of the molecule is CCN(c1ncnc2sccc12)C1CCC(N)CC1. The largest absolute Gasteiger partial charge is 0.353 e. The summed E-state index contributed by atoms with van der Waals surface area (Å²) in [5, 5.41) is 3.28. The summed E-state index contributed by atoms with van der Waals surface area (Å²) in [6.45, 7) is 3.19. The molecule has 0 radical (unpaired) electrons. The van der Waals surface area contributed by atoms with E-state index in [1.807, 2.05) is 0 Å². The monoisotopic (exact) mass is 276 g/mol. The van der Waals surface area contributed by atoms with E-state index in [4.69, 9.17) is 5.73 Å². The van der Waals surface area contributed by atoms with E-state index >= 15 is 0 Å². The molecule has 0 spiro atoms. The minimum Gasteiger partial charge on any atom is -0.353 e. The molecule has 0 saturated heterocycles. The van der Waals surface area contributed by atoms with E-state index in [1.165, 1.54) is 18.2 Å². The standard InChI is InChI=1S/C14H20N4S/c1-2-18(11-5-3-10(15)4-6-11)13-12-7-8-19-14(12)17-9-16-13/h7-11H,2-6,15H2,1H3. The van der Waals surface area contributed by atoms with Crippen LogP contribution < -0.4 is 10.6 Å². The first kappa shape index (κ1) is 12.8. The van der Waals surface area contributed by atoms with E-state index in [-0.39, 0.29) is 0 Å². The van der Waals surface area contributed by atoms with Gasteiger partial charge in [0.25, 0.3) is 0 Å². The van der Waals surface area contributed by atoms with Crippen molar-refractivity contribution in [2.75, 3.05) is 11.4 Å². The second kappa shape index (κ2) is 5.43. The number of hydrogen-bond donors (Lipinski definition) is 1. The van der Waals surface area contributed by atoms with Crippen LogP contribution >= 0.6 is 11.3 Å². The molecule has 1 fully saturated rings. The van der Waals surface area contributed by atoms with Crippen molar-refractivity contribution >= 4 is 27.4 Å². The van der Waals surface area contributed by atoms with Crippen molar-refractivity contribution in [2.45, 2.75) is 44.7 Å². The molecular weight excluding hydrogens is 256 g/mol. The van der Waals surface area contributed by atoms with Crippen molar-refractivity contribution in [1.82, 2.24) is 9.97 Å². The maximum Gasteiger partial charge on any atom is 0.141 e. The quantitative estimate of drug-likeness (QED) is 0.936. The Labute approximate surface area is 117 Å². The third-order valence-corrected chi connectivity index (χ3v) is 4.86. The van der Waals surface area contributed by atoms with E-state index in [0.29, 0.717) is 12.1 Å². The zero-order valence-electron chi connectivity index (χ0n) is 11.2. The minimum atomic E-state index is 0.390. The highest BCUT2D eigenvalue weighted by molar-refractivity contribution is 7.16. The van der Waals surface area contributed by atoms with E-state index in [2.05, 4.69) is 33.2 Å². The fourth-order valence-electron chi connectivity index (χ4n) is 3.00. The number of nitrogens with two attached hydrogens (primary N) is 1. The van der Waals surface area contributed by atoms with Crippen LogP contribution in [0.4, 0.5) is 5.82 Å². The molecule has 3 rings (SSSR count). The van der Waals surface area contributed by atoms with Gasteiger partial charge < -0.3 is 10.6 Å². The number of rotatable bonds is 3. The number of thiophene rings is 1. The highest BCUT2D eigenvalue weighted by atomic mass is 32.1. The van der Waals surface area contributed by atoms with E-state index in [1.54, 1.807) is 17.7 Å². The number of aromatic nitrogens is 2. The van der Waals surface area contributed by atoms with Crippen LogP contribution in [-0.4, -0.2) is 28.6 Å². The van der Waals surface area contributed by atoms with Crippen LogP contribution in [0.3, 0.4) is 0 Å². The van der Waals surface area contributed by atoms with Gasteiger partial charge in [-0.3, -0.25) is 0 Å². The van der Waals surface area contributed by atoms with Crippen molar-refractivity contribution in [3.63, 3.8) is 0 Å². The molecule has 0 amide bonds. The van der Waals surface area contributed by atoms with Crippen LogP contribution in [0.5, 0.6) is 0 Å². The number of fused-ring (bicyclic) bond motifs is 1. The first-order chi connectivity index (χ1) is 9.29. The summed E-state index contributed by atoms with van der Waals surface area (Å²) in [5.74, 6) is 1.09. The van der Waals surface area contributed by atoms with Crippen LogP contribution in [0, 0.1) is 0 Å². The Morgan fingerprint density at radius 3 is 2.84 bits per heavy atom. The van der Waals surface area contributed by atoms with Gasteiger partial charge in [0.15, 0.2) is 0 Å². The van der Waals surface area contributed by atoms with Gasteiger partial charge in [0.1, 0.15) is 17.0 Å². The van der Waals surface area contributed by atoms with Crippen LogP contribution in [0.2, 0.25) is 0 Å². The molecule has 102 valence electrons. The second-order valence-corrected chi connectivity index (χ2v) is 6.09. The van der Waals surface area contributed by atoms with Gasteiger partial charge >= 0.3 is 0 Å². The van der Waals surface area contributed by atoms with E-state index < -0.39 is 0 Å². The Bertz CT molecular complexity index is 545. The minimum absolute atomic E-state index is 0.390. The Morgan fingerprint density at radius 2 is 2.11 bits per heavy atom. The van der Waals surface area contributed by atoms with Crippen LogP contribution in [0.1, 0.15) is 32.6 Å². The predicted molar refractivity (Wildman–Crippen MR) is 80.7 cm³/mol. The normalized spacial score (nSPS) is 23.7. The predicted octanol–water partition coefficient (Wildman–Crippen LogP) is 2.79. The average Bonchev–Trinajstić information content (AvgIpc) is 2.91. The molecule has 19 heavy (non-hydrogen) atoms. The first-order valence-electron chi connectivity index (χ1n) is 7.00. The van der Waals surface area contributed by atoms with Crippen molar-refractivity contribution < 1.29 is 0 Å². The highest BCUT2D eigenvalue weighted by Gasteiger charge is 2.25. The van der Waals surface area contributed by atoms with Gasteiger partial charge in [0, 0.05) is 18.6 Å². The molecule has 0 unspecified atom stereocenters. The fraction of sp³-hybridized carbons (Fsp3) is 0.571. The third kappa shape index (κ3) is 2.44. The van der Waals surface area contributed by atoms with Gasteiger partial charge in [0.2, 0.25) is 0 Å². The molecule has 1 aliphatic rings. The lowest BCUT2D eigenvalue weighted by molar-refractivity contribution is 0.377. The highest BCUT2D eigenvalue weighted by Crippen LogP contribution is 2.31. The summed E-state index contributed by atoms with van der Waals surface area (Å²) in [6.07, 6.45) is 6.28. The molecule has 1 saturated carbocycles. The fourth-order valence-corrected chi connectivity index (χ4v) is 3.73. The maximum atomic E-state index is 6.01. The smallest absolute Gasteiger partial charge is 0.141 e. The Kier molecular flexibility index (Phi) is 3.66. The number of hydrogen-bond acceptors (Lipinski definition) is 5. The molecule has 2 aromatic heterocycles. The second-order valence-electron chi connectivity index (χ2n) is 5.19. The van der Waals surface area contributed by atoms with Crippen LogP contribution in [-0.2, 0) is 0 Å². The molecule has 0 aliphatic heterocycles. The van der Waals surface area contributed by atoms with Gasteiger partial charge in [-0.2, -0.15) is 0 Å². The summed E-state index contributed by atoms with van der Waals surface area (Å²) in [7, 11) is 0. The zero-order chi connectivity index (χ0) is 13.2. The van der Waals surface area contributed by atoms with Crippen molar-refractivity contribution in [3.8, 4) is 0 Å². The van der Waals surface area contributed by atoms with Crippen molar-refractivity contribution in [3.05, 3.63) is 17.8 Å². The van der Waals surface area contributed by atoms with Gasteiger partial charge in [-0.05, 0) is 44.1 Å². The molecule has 5 heteroatoms. The number of nitrogens with zero attached hydrogens (tertiary/aromatic N) is 3.